The van der Waals surface area contributed by atoms with E-state index in [1.807, 2.05) is 46.7 Å². The summed E-state index contributed by atoms with van der Waals surface area (Å²) in [6.45, 7) is 0.724. The fourth-order valence-corrected chi connectivity index (χ4v) is 4.19. The van der Waals surface area contributed by atoms with Gasteiger partial charge in [0.1, 0.15) is 0 Å². The number of carbonyl (C=O) groups excluding carboxylic acids is 1. The Morgan fingerprint density at radius 2 is 2.25 bits per heavy atom. The van der Waals surface area contributed by atoms with Gasteiger partial charge in [-0.15, -0.1) is 11.3 Å². The molecule has 1 aliphatic heterocycles. The normalized spacial score (nSPS) is 19.0. The lowest BCUT2D eigenvalue weighted by atomic mass is 10.1. The molecule has 0 spiro atoms. The van der Waals surface area contributed by atoms with Crippen LogP contribution >= 0.6 is 11.3 Å². The number of aliphatic hydroxyl groups excluding tert-OH is 1. The van der Waals surface area contributed by atoms with Crippen LogP contribution in [0, 0.1) is 0 Å². The number of amides is 1. The van der Waals surface area contributed by atoms with E-state index in [2.05, 4.69) is 10.2 Å². The zero-order chi connectivity index (χ0) is 16.5. The number of benzene rings is 1. The molecule has 4 rings (SSSR count). The highest BCUT2D eigenvalue weighted by molar-refractivity contribution is 7.10. The van der Waals surface area contributed by atoms with Gasteiger partial charge in [0.2, 0.25) is 0 Å². The second-order valence-corrected chi connectivity index (χ2v) is 7.16. The Balaban J connectivity index is 1.55. The molecule has 2 unspecified atom stereocenters. The van der Waals surface area contributed by atoms with Gasteiger partial charge in [0.25, 0.3) is 5.91 Å². The fraction of sp³-hybridized carbons (Fsp3) is 0.333. The molecule has 1 aliphatic rings. The molecule has 1 amide bonds. The van der Waals surface area contributed by atoms with E-state index in [1.165, 1.54) is 0 Å². The Bertz CT molecular complexity index is 843. The van der Waals surface area contributed by atoms with Crippen LogP contribution in [0.25, 0.3) is 10.9 Å². The summed E-state index contributed by atoms with van der Waals surface area (Å²) in [5, 5.41) is 20.4. The molecule has 24 heavy (non-hydrogen) atoms. The van der Waals surface area contributed by atoms with Crippen molar-refractivity contribution in [2.24, 2.45) is 0 Å². The van der Waals surface area contributed by atoms with Crippen molar-refractivity contribution in [3.63, 3.8) is 0 Å². The monoisotopic (exact) mass is 341 g/mol. The summed E-state index contributed by atoms with van der Waals surface area (Å²) < 4.78 is 0. The summed E-state index contributed by atoms with van der Waals surface area (Å²) in [5.74, 6) is -0.0478. The lowest BCUT2D eigenvalue weighted by molar-refractivity contribution is 0.0666. The zero-order valence-corrected chi connectivity index (χ0v) is 14.0. The third kappa shape index (κ3) is 2.72. The first-order valence-electron chi connectivity index (χ1n) is 8.19. The fourth-order valence-electron chi connectivity index (χ4n) is 3.47. The highest BCUT2D eigenvalue weighted by Gasteiger charge is 2.33. The molecule has 5 nitrogen and oxygen atoms in total. The number of aromatic amines is 1. The third-order valence-corrected chi connectivity index (χ3v) is 5.65. The van der Waals surface area contributed by atoms with Crippen molar-refractivity contribution < 1.29 is 9.90 Å². The maximum Gasteiger partial charge on any atom is 0.275 e. The van der Waals surface area contributed by atoms with Gasteiger partial charge in [-0.2, -0.15) is 5.10 Å². The number of likely N-dealkylation sites (tertiary alicyclic amines) is 1. The van der Waals surface area contributed by atoms with E-state index in [-0.39, 0.29) is 11.9 Å². The average molecular weight is 341 g/mol. The van der Waals surface area contributed by atoms with Crippen LogP contribution in [0.15, 0.2) is 41.8 Å². The summed E-state index contributed by atoms with van der Waals surface area (Å²) in [5.41, 5.74) is 1.35. The minimum Gasteiger partial charge on any atom is -0.387 e. The van der Waals surface area contributed by atoms with Crippen molar-refractivity contribution in [2.75, 3.05) is 6.54 Å². The molecule has 3 aromatic rings. The van der Waals surface area contributed by atoms with Crippen LogP contribution in [0.4, 0.5) is 0 Å². The molecule has 1 fully saturated rings. The van der Waals surface area contributed by atoms with E-state index >= 15 is 0 Å². The minimum atomic E-state index is -0.515. The van der Waals surface area contributed by atoms with Gasteiger partial charge in [-0.05, 0) is 36.8 Å². The van der Waals surface area contributed by atoms with Crippen LogP contribution < -0.4 is 0 Å². The van der Waals surface area contributed by atoms with E-state index in [0.717, 1.165) is 35.2 Å². The zero-order valence-electron chi connectivity index (χ0n) is 13.2. The van der Waals surface area contributed by atoms with Gasteiger partial charge < -0.3 is 10.0 Å². The Labute approximate surface area is 143 Å². The van der Waals surface area contributed by atoms with E-state index in [0.29, 0.717) is 12.1 Å². The maximum absolute atomic E-state index is 13.0. The van der Waals surface area contributed by atoms with Crippen molar-refractivity contribution in [1.29, 1.82) is 0 Å². The number of hydrogen-bond donors (Lipinski definition) is 2. The van der Waals surface area contributed by atoms with Gasteiger partial charge >= 0.3 is 0 Å². The lowest BCUT2D eigenvalue weighted by Crippen LogP contribution is -2.36. The van der Waals surface area contributed by atoms with E-state index < -0.39 is 6.10 Å². The summed E-state index contributed by atoms with van der Waals surface area (Å²) in [6.07, 6.45) is 1.96. The Kier molecular flexibility index (Phi) is 4.08. The molecule has 2 atom stereocenters. The van der Waals surface area contributed by atoms with E-state index in [1.54, 1.807) is 11.3 Å². The molecule has 0 radical (unpaired) electrons. The number of nitrogens with zero attached hydrogens (tertiary/aromatic N) is 2. The number of para-hydroxylation sites is 1. The molecular formula is C18H19N3O2S. The molecule has 0 saturated carbocycles. The Morgan fingerprint density at radius 3 is 3.08 bits per heavy atom. The third-order valence-electron chi connectivity index (χ3n) is 4.68. The summed E-state index contributed by atoms with van der Waals surface area (Å²) >= 11 is 1.55. The van der Waals surface area contributed by atoms with Gasteiger partial charge in [-0.25, -0.2) is 0 Å². The summed E-state index contributed by atoms with van der Waals surface area (Å²) in [4.78, 5) is 15.8. The number of fused-ring (bicyclic) bond motifs is 1. The average Bonchev–Trinajstić information content (AvgIpc) is 3.34. The van der Waals surface area contributed by atoms with E-state index in [4.69, 9.17) is 0 Å². The van der Waals surface area contributed by atoms with Crippen LogP contribution in [0.5, 0.6) is 0 Å². The number of nitrogens with one attached hydrogen (secondary N) is 1. The summed E-state index contributed by atoms with van der Waals surface area (Å²) in [7, 11) is 0. The predicted molar refractivity (Wildman–Crippen MR) is 94.0 cm³/mol. The molecule has 3 heterocycles. The highest BCUT2D eigenvalue weighted by Crippen LogP contribution is 2.31. The number of aliphatic hydroxyl groups is 1. The molecule has 1 aromatic carbocycles. The standard InChI is InChI=1S/C18H19N3O2S/c22-15(16-8-4-10-24-16)11-12-5-3-9-21(12)18(23)17-13-6-1-2-7-14(13)19-20-17/h1-2,4,6-8,10,12,15,22H,3,5,9,11H2,(H,19,20). The lowest BCUT2D eigenvalue weighted by Gasteiger charge is -2.25. The van der Waals surface area contributed by atoms with Gasteiger partial charge in [-0.3, -0.25) is 9.89 Å². The largest absolute Gasteiger partial charge is 0.387 e. The first kappa shape index (κ1) is 15.4. The quantitative estimate of drug-likeness (QED) is 0.764. The highest BCUT2D eigenvalue weighted by atomic mass is 32.1. The van der Waals surface area contributed by atoms with Crippen LogP contribution in [-0.4, -0.2) is 38.7 Å². The molecule has 124 valence electrons. The van der Waals surface area contributed by atoms with Crippen molar-refractivity contribution in [3.05, 3.63) is 52.3 Å². The number of thiophene rings is 1. The van der Waals surface area contributed by atoms with Crippen molar-refractivity contribution in [1.82, 2.24) is 15.1 Å². The first-order valence-corrected chi connectivity index (χ1v) is 9.07. The smallest absolute Gasteiger partial charge is 0.275 e. The maximum atomic E-state index is 13.0. The minimum absolute atomic E-state index is 0.0478. The molecule has 2 N–H and O–H groups in total. The molecule has 0 bridgehead atoms. The Hall–Kier alpha value is -2.18. The number of aromatic nitrogens is 2. The van der Waals surface area contributed by atoms with Crippen molar-refractivity contribution >= 4 is 28.1 Å². The van der Waals surface area contributed by atoms with Crippen LogP contribution in [0.3, 0.4) is 0 Å². The topological polar surface area (TPSA) is 69.2 Å². The number of hydrogen-bond acceptors (Lipinski definition) is 4. The van der Waals surface area contributed by atoms with E-state index in [9.17, 15) is 9.90 Å². The Morgan fingerprint density at radius 1 is 1.38 bits per heavy atom. The molecule has 1 saturated heterocycles. The van der Waals surface area contributed by atoms with Gasteiger partial charge in [0.05, 0.1) is 11.6 Å². The van der Waals surface area contributed by atoms with Gasteiger partial charge in [0.15, 0.2) is 5.69 Å². The molecular weight excluding hydrogens is 322 g/mol. The van der Waals surface area contributed by atoms with Gasteiger partial charge in [-0.1, -0.05) is 24.3 Å². The SMILES string of the molecule is O=C(c1n[nH]c2ccccc12)N1CCCC1CC(O)c1cccs1. The molecule has 2 aromatic heterocycles. The van der Waals surface area contributed by atoms with Crippen LogP contribution in [0.2, 0.25) is 0 Å². The number of rotatable bonds is 4. The predicted octanol–water partition coefficient (Wildman–Crippen LogP) is 3.35. The number of carbonyl (C=O) groups is 1. The van der Waals surface area contributed by atoms with Crippen LogP contribution in [-0.2, 0) is 0 Å². The second kappa shape index (κ2) is 6.37. The van der Waals surface area contributed by atoms with Crippen LogP contribution in [0.1, 0.15) is 40.7 Å². The first-order chi connectivity index (χ1) is 11.7. The molecule has 6 heteroatoms. The van der Waals surface area contributed by atoms with Gasteiger partial charge in [0, 0.05) is 22.8 Å². The van der Waals surface area contributed by atoms with Crippen molar-refractivity contribution in [3.8, 4) is 0 Å². The summed E-state index contributed by atoms with van der Waals surface area (Å²) in [6, 6.07) is 11.6. The number of H-pyrrole nitrogens is 1. The second-order valence-electron chi connectivity index (χ2n) is 6.18. The van der Waals surface area contributed by atoms with Crippen molar-refractivity contribution in [2.45, 2.75) is 31.4 Å². The molecule has 0 aliphatic carbocycles.